The van der Waals surface area contributed by atoms with Crippen LogP contribution in [0.2, 0.25) is 0 Å². The van der Waals surface area contributed by atoms with Crippen molar-refractivity contribution in [2.75, 3.05) is 78.5 Å². The Balaban J connectivity index is 0.000000181. The molecule has 0 atom stereocenters. The molecule has 4 fully saturated rings. The maximum Gasteiger partial charge on any atom is 0.00631 e. The molecule has 4 saturated heterocycles. The fourth-order valence-electron chi connectivity index (χ4n) is 5.75. The third-order valence-electron chi connectivity index (χ3n) is 8.06. The third-order valence-corrected chi connectivity index (χ3v) is 8.06. The van der Waals surface area contributed by atoms with Crippen LogP contribution in [-0.2, 0) is 0 Å². The first-order valence-corrected chi connectivity index (χ1v) is 14.1. The minimum absolute atomic E-state index is 0.471. The largest absolute Gasteiger partial charge is 0.328 e. The van der Waals surface area contributed by atoms with E-state index in [2.05, 4.69) is 19.6 Å². The van der Waals surface area contributed by atoms with Gasteiger partial charge in [-0.2, -0.15) is 0 Å². The Morgan fingerprint density at radius 3 is 1.00 bits per heavy atom. The van der Waals surface area contributed by atoms with Gasteiger partial charge in [-0.25, -0.2) is 0 Å². The second kappa shape index (κ2) is 15.6. The van der Waals surface area contributed by atoms with Crippen molar-refractivity contribution in [3.05, 3.63) is 0 Å². The van der Waals surface area contributed by atoms with Crippen LogP contribution in [0.4, 0.5) is 0 Å². The van der Waals surface area contributed by atoms with Gasteiger partial charge in [0.15, 0.2) is 0 Å². The summed E-state index contributed by atoms with van der Waals surface area (Å²) in [7, 11) is 0. The molecule has 4 N–H and O–H groups in total. The number of hydrogen-bond acceptors (Lipinski definition) is 6. The van der Waals surface area contributed by atoms with Crippen molar-refractivity contribution in [1.29, 1.82) is 0 Å². The Bertz CT molecular complexity index is 405. The summed E-state index contributed by atoms with van der Waals surface area (Å²) in [6.07, 6.45) is 16.0. The van der Waals surface area contributed by atoms with Crippen LogP contribution in [-0.4, -0.2) is 110 Å². The topological polar surface area (TPSA) is 65.0 Å². The highest BCUT2D eigenvalue weighted by molar-refractivity contribution is 4.75. The smallest absolute Gasteiger partial charge is 0.00631 e. The van der Waals surface area contributed by atoms with Gasteiger partial charge in [-0.1, -0.05) is 12.8 Å². The zero-order chi connectivity index (χ0) is 22.4. The van der Waals surface area contributed by atoms with Gasteiger partial charge in [0, 0.05) is 12.1 Å². The molecular formula is C26H54N6. The number of hydrogen-bond donors (Lipinski definition) is 2. The molecule has 0 saturated carbocycles. The van der Waals surface area contributed by atoms with Crippen LogP contribution in [0.25, 0.3) is 0 Å². The molecule has 0 aromatic heterocycles. The summed E-state index contributed by atoms with van der Waals surface area (Å²) in [6, 6.07) is 0.941. The first-order valence-electron chi connectivity index (χ1n) is 14.1. The number of nitrogens with two attached hydrogens (primary N) is 2. The number of rotatable bonds is 8. The Kier molecular flexibility index (Phi) is 12.9. The van der Waals surface area contributed by atoms with Gasteiger partial charge in [-0.05, 0) is 143 Å². The molecule has 6 heteroatoms. The SMILES string of the molecule is NC1CCN(CCCN2CCCCC2)CC1.NC1CCN(CCCN2CCCCC2)CC1. The van der Waals surface area contributed by atoms with Crippen molar-refractivity contribution < 1.29 is 0 Å². The molecular weight excluding hydrogens is 396 g/mol. The molecule has 0 amide bonds. The van der Waals surface area contributed by atoms with Gasteiger partial charge in [0.05, 0.1) is 0 Å². The molecule has 6 nitrogen and oxygen atoms in total. The molecule has 4 aliphatic rings. The molecule has 0 aliphatic carbocycles. The van der Waals surface area contributed by atoms with Crippen LogP contribution in [0, 0.1) is 0 Å². The average molecular weight is 451 g/mol. The number of nitrogens with zero attached hydrogens (tertiary/aromatic N) is 4. The number of piperidine rings is 4. The molecule has 0 aromatic rings. The van der Waals surface area contributed by atoms with Crippen LogP contribution < -0.4 is 11.5 Å². The van der Waals surface area contributed by atoms with E-state index in [0.29, 0.717) is 12.1 Å². The third kappa shape index (κ3) is 10.8. The Labute approximate surface area is 199 Å². The Hall–Kier alpha value is -0.240. The predicted molar refractivity (Wildman–Crippen MR) is 137 cm³/mol. The lowest BCUT2D eigenvalue weighted by Gasteiger charge is -2.31. The van der Waals surface area contributed by atoms with Crippen LogP contribution in [0.3, 0.4) is 0 Å². The van der Waals surface area contributed by atoms with Crippen LogP contribution >= 0.6 is 0 Å². The first kappa shape index (κ1) is 26.4. The van der Waals surface area contributed by atoms with Gasteiger partial charge >= 0.3 is 0 Å². The van der Waals surface area contributed by atoms with E-state index in [1.54, 1.807) is 0 Å². The van der Waals surface area contributed by atoms with Crippen molar-refractivity contribution >= 4 is 0 Å². The average Bonchev–Trinajstić information content (AvgIpc) is 2.84. The van der Waals surface area contributed by atoms with Crippen LogP contribution in [0.15, 0.2) is 0 Å². The molecule has 0 aromatic carbocycles. The molecule has 32 heavy (non-hydrogen) atoms. The molecule has 4 rings (SSSR count). The first-order chi connectivity index (χ1) is 15.7. The zero-order valence-corrected chi connectivity index (χ0v) is 21.1. The minimum Gasteiger partial charge on any atom is -0.328 e. The van der Waals surface area contributed by atoms with Gasteiger partial charge in [-0.3, -0.25) is 0 Å². The lowest BCUT2D eigenvalue weighted by molar-refractivity contribution is 0.181. The standard InChI is InChI=1S/2C13H27N3/c2*14-13-5-11-16(12-6-13)10-4-9-15-7-2-1-3-8-15/h2*13H,1-12,14H2. The van der Waals surface area contributed by atoms with Gasteiger partial charge < -0.3 is 31.1 Å². The zero-order valence-electron chi connectivity index (χ0n) is 21.1. The molecule has 0 spiro atoms. The second-order valence-electron chi connectivity index (χ2n) is 10.9. The summed E-state index contributed by atoms with van der Waals surface area (Å²) < 4.78 is 0. The van der Waals surface area contributed by atoms with E-state index in [9.17, 15) is 0 Å². The summed E-state index contributed by atoms with van der Waals surface area (Å²) >= 11 is 0. The van der Waals surface area contributed by atoms with Crippen molar-refractivity contribution in [2.45, 2.75) is 89.1 Å². The highest BCUT2D eigenvalue weighted by atomic mass is 15.2. The second-order valence-corrected chi connectivity index (χ2v) is 10.9. The highest BCUT2D eigenvalue weighted by Gasteiger charge is 2.17. The van der Waals surface area contributed by atoms with Crippen molar-refractivity contribution in [2.24, 2.45) is 11.5 Å². The quantitative estimate of drug-likeness (QED) is 0.593. The molecule has 0 radical (unpaired) electrons. The van der Waals surface area contributed by atoms with E-state index in [1.165, 1.54) is 156 Å². The van der Waals surface area contributed by atoms with Crippen LogP contribution in [0.5, 0.6) is 0 Å². The lowest BCUT2D eigenvalue weighted by Crippen LogP contribution is -2.41. The van der Waals surface area contributed by atoms with E-state index in [0.717, 1.165) is 0 Å². The monoisotopic (exact) mass is 450 g/mol. The van der Waals surface area contributed by atoms with Crippen LogP contribution in [0.1, 0.15) is 77.0 Å². The van der Waals surface area contributed by atoms with E-state index in [1.807, 2.05) is 0 Å². The van der Waals surface area contributed by atoms with Crippen molar-refractivity contribution in [3.8, 4) is 0 Å². The van der Waals surface area contributed by atoms with E-state index in [4.69, 9.17) is 11.5 Å². The predicted octanol–water partition coefficient (Wildman–Crippen LogP) is 2.57. The Morgan fingerprint density at radius 2 is 0.688 bits per heavy atom. The van der Waals surface area contributed by atoms with Gasteiger partial charge in [0.2, 0.25) is 0 Å². The molecule has 0 bridgehead atoms. The van der Waals surface area contributed by atoms with E-state index >= 15 is 0 Å². The summed E-state index contributed by atoms with van der Waals surface area (Å²) in [5.74, 6) is 0. The molecule has 188 valence electrons. The fraction of sp³-hybridized carbons (Fsp3) is 1.00. The summed E-state index contributed by atoms with van der Waals surface area (Å²) in [6.45, 7) is 15.4. The van der Waals surface area contributed by atoms with Gasteiger partial charge in [0.25, 0.3) is 0 Å². The summed E-state index contributed by atoms with van der Waals surface area (Å²) in [5, 5.41) is 0. The van der Waals surface area contributed by atoms with Crippen molar-refractivity contribution in [1.82, 2.24) is 19.6 Å². The fourth-order valence-corrected chi connectivity index (χ4v) is 5.75. The summed E-state index contributed by atoms with van der Waals surface area (Å²) in [4.78, 5) is 10.5. The number of likely N-dealkylation sites (tertiary alicyclic amines) is 4. The highest BCUT2D eigenvalue weighted by Crippen LogP contribution is 2.12. The van der Waals surface area contributed by atoms with Gasteiger partial charge in [-0.15, -0.1) is 0 Å². The normalized spacial score (nSPS) is 26.1. The lowest BCUT2D eigenvalue weighted by atomic mass is 10.1. The maximum atomic E-state index is 5.91. The molecule has 0 unspecified atom stereocenters. The van der Waals surface area contributed by atoms with E-state index in [-0.39, 0.29) is 0 Å². The molecule has 4 heterocycles. The summed E-state index contributed by atoms with van der Waals surface area (Å²) in [5.41, 5.74) is 11.8. The van der Waals surface area contributed by atoms with E-state index < -0.39 is 0 Å². The minimum atomic E-state index is 0.471. The maximum absolute atomic E-state index is 5.91. The Morgan fingerprint density at radius 1 is 0.406 bits per heavy atom. The van der Waals surface area contributed by atoms with Crippen molar-refractivity contribution in [3.63, 3.8) is 0 Å². The van der Waals surface area contributed by atoms with Gasteiger partial charge in [0.1, 0.15) is 0 Å². The molecule has 4 aliphatic heterocycles.